The normalized spacial score (nSPS) is 9.36. The Hall–Kier alpha value is -1.15. The van der Waals surface area contributed by atoms with Gasteiger partial charge in [0, 0.05) is 0 Å². The summed E-state index contributed by atoms with van der Waals surface area (Å²) in [6, 6.07) is 0. The second kappa shape index (κ2) is 7.27. The molecule has 0 fully saturated rings. The molecule has 0 aromatic carbocycles. The summed E-state index contributed by atoms with van der Waals surface area (Å²) in [6.45, 7) is 13.3. The minimum absolute atomic E-state index is 0.979. The minimum atomic E-state index is 0.979. The highest BCUT2D eigenvalue weighted by Crippen LogP contribution is 2.19. The van der Waals surface area contributed by atoms with Crippen molar-refractivity contribution in [3.8, 4) is 0 Å². The molecule has 0 aliphatic heterocycles. The van der Waals surface area contributed by atoms with Crippen molar-refractivity contribution >= 4 is 23.5 Å². The van der Waals surface area contributed by atoms with Crippen molar-refractivity contribution < 1.29 is 0 Å². The van der Waals surface area contributed by atoms with E-state index in [1.165, 1.54) is 0 Å². The van der Waals surface area contributed by atoms with E-state index >= 15 is 0 Å². The smallest absolute Gasteiger partial charge is 0.0907 e. The summed E-state index contributed by atoms with van der Waals surface area (Å²) in [4.78, 5) is 5.45. The predicted molar refractivity (Wildman–Crippen MR) is 67.5 cm³/mol. The van der Waals surface area contributed by atoms with E-state index in [0.29, 0.717) is 0 Å². The molecule has 1 aromatic heterocycles. The highest BCUT2D eigenvalue weighted by atomic mass is 32.1. The fourth-order valence-electron chi connectivity index (χ4n) is 0.884. The number of aryl methyl sites for hydroxylation is 1. The first-order chi connectivity index (χ1) is 6.77. The second-order valence-corrected chi connectivity index (χ2v) is 3.52. The van der Waals surface area contributed by atoms with Crippen LogP contribution in [-0.4, -0.2) is 4.98 Å². The van der Waals surface area contributed by atoms with Gasteiger partial charge >= 0.3 is 0 Å². The zero-order valence-corrected chi connectivity index (χ0v) is 9.90. The van der Waals surface area contributed by atoms with Crippen molar-refractivity contribution in [3.63, 3.8) is 0 Å². The van der Waals surface area contributed by atoms with Gasteiger partial charge in [0.15, 0.2) is 0 Å². The van der Waals surface area contributed by atoms with Crippen LogP contribution in [0.25, 0.3) is 12.2 Å². The predicted octanol–water partition coefficient (Wildman–Crippen LogP) is 4.32. The molecule has 0 atom stereocenters. The van der Waals surface area contributed by atoms with E-state index in [9.17, 15) is 0 Å². The Bertz CT molecular complexity index is 321. The SMILES string of the molecule is C=C/C=C\c1nc(C)sc1C=C.CC. The van der Waals surface area contributed by atoms with Crippen LogP contribution in [0.4, 0.5) is 0 Å². The quantitative estimate of drug-likeness (QED) is 0.673. The molecule has 1 heterocycles. The standard InChI is InChI=1S/C10H11NS.C2H6/c1-4-6-7-9-10(5-2)12-8(3)11-9;1-2/h4-7H,1-2H2,3H3;1-2H3/b7-6-;. The number of allylic oxidation sites excluding steroid dienone is 2. The lowest BCUT2D eigenvalue weighted by atomic mass is 10.3. The number of nitrogens with zero attached hydrogens (tertiary/aromatic N) is 1. The highest BCUT2D eigenvalue weighted by molar-refractivity contribution is 7.12. The van der Waals surface area contributed by atoms with Crippen LogP contribution in [-0.2, 0) is 0 Å². The van der Waals surface area contributed by atoms with Crippen LogP contribution in [0.1, 0.15) is 29.4 Å². The van der Waals surface area contributed by atoms with Gasteiger partial charge in [-0.25, -0.2) is 4.98 Å². The topological polar surface area (TPSA) is 12.9 Å². The van der Waals surface area contributed by atoms with Gasteiger partial charge in [-0.05, 0) is 19.1 Å². The Kier molecular flexibility index (Phi) is 6.68. The maximum atomic E-state index is 4.33. The highest BCUT2D eigenvalue weighted by Gasteiger charge is 2.00. The van der Waals surface area contributed by atoms with Gasteiger partial charge in [-0.3, -0.25) is 0 Å². The van der Waals surface area contributed by atoms with E-state index < -0.39 is 0 Å². The van der Waals surface area contributed by atoms with E-state index in [0.717, 1.165) is 15.6 Å². The molecule has 0 bridgehead atoms. The first-order valence-electron chi connectivity index (χ1n) is 4.67. The van der Waals surface area contributed by atoms with Crippen LogP contribution in [0, 0.1) is 6.92 Å². The second-order valence-electron chi connectivity index (χ2n) is 2.28. The monoisotopic (exact) mass is 207 g/mol. The summed E-state index contributed by atoms with van der Waals surface area (Å²) in [5.74, 6) is 0. The minimum Gasteiger partial charge on any atom is -0.242 e. The summed E-state index contributed by atoms with van der Waals surface area (Å²) in [5, 5.41) is 1.06. The molecule has 0 aliphatic carbocycles. The lowest BCUT2D eigenvalue weighted by Crippen LogP contribution is -1.74. The number of thiazole rings is 1. The van der Waals surface area contributed by atoms with E-state index in [1.54, 1.807) is 17.4 Å². The molecule has 0 unspecified atom stereocenters. The Balaban J connectivity index is 0.000000791. The van der Waals surface area contributed by atoms with Crippen molar-refractivity contribution in [2.45, 2.75) is 20.8 Å². The van der Waals surface area contributed by atoms with Crippen molar-refractivity contribution in [1.82, 2.24) is 4.98 Å². The fraction of sp³-hybridized carbons (Fsp3) is 0.250. The van der Waals surface area contributed by atoms with Gasteiger partial charge in [-0.2, -0.15) is 0 Å². The van der Waals surface area contributed by atoms with Gasteiger partial charge in [0.05, 0.1) is 15.6 Å². The van der Waals surface area contributed by atoms with Gasteiger partial charge in [0.1, 0.15) is 0 Å². The summed E-state index contributed by atoms with van der Waals surface area (Å²) in [6.07, 6.45) is 7.38. The molecule has 0 saturated heterocycles. The Labute approximate surface area is 90.5 Å². The largest absolute Gasteiger partial charge is 0.242 e. The van der Waals surface area contributed by atoms with Crippen molar-refractivity contribution in [2.24, 2.45) is 0 Å². The molecule has 0 saturated carbocycles. The van der Waals surface area contributed by atoms with Crippen LogP contribution < -0.4 is 0 Å². The van der Waals surface area contributed by atoms with Gasteiger partial charge < -0.3 is 0 Å². The van der Waals surface area contributed by atoms with Crippen molar-refractivity contribution in [2.75, 3.05) is 0 Å². The molecule has 0 radical (unpaired) electrons. The maximum absolute atomic E-state index is 4.33. The molecular formula is C12H17NS. The molecule has 1 rings (SSSR count). The zero-order valence-electron chi connectivity index (χ0n) is 9.08. The molecule has 0 N–H and O–H groups in total. The number of aromatic nitrogens is 1. The first kappa shape index (κ1) is 12.8. The number of hydrogen-bond acceptors (Lipinski definition) is 2. The van der Waals surface area contributed by atoms with Crippen molar-refractivity contribution in [3.05, 3.63) is 40.9 Å². The van der Waals surface area contributed by atoms with E-state index in [2.05, 4.69) is 18.1 Å². The summed E-state index contributed by atoms with van der Waals surface area (Å²) in [5.41, 5.74) is 0.979. The lowest BCUT2D eigenvalue weighted by molar-refractivity contribution is 1.27. The molecular weight excluding hydrogens is 190 g/mol. The average molecular weight is 207 g/mol. The maximum Gasteiger partial charge on any atom is 0.0907 e. The van der Waals surface area contributed by atoms with Crippen LogP contribution in [0.5, 0.6) is 0 Å². The van der Waals surface area contributed by atoms with Crippen molar-refractivity contribution in [1.29, 1.82) is 0 Å². The molecule has 0 spiro atoms. The fourth-order valence-corrected chi connectivity index (χ4v) is 1.65. The molecule has 1 nitrogen and oxygen atoms in total. The van der Waals surface area contributed by atoms with Crippen LogP contribution in [0.2, 0.25) is 0 Å². The number of rotatable bonds is 3. The van der Waals surface area contributed by atoms with Gasteiger partial charge in [-0.15, -0.1) is 11.3 Å². The Morgan fingerprint density at radius 3 is 2.43 bits per heavy atom. The molecule has 0 aliphatic rings. The van der Waals surface area contributed by atoms with Crippen LogP contribution in [0.15, 0.2) is 25.3 Å². The van der Waals surface area contributed by atoms with Crippen LogP contribution in [0.3, 0.4) is 0 Å². The third kappa shape index (κ3) is 3.71. The van der Waals surface area contributed by atoms with Gasteiger partial charge in [0.25, 0.3) is 0 Å². The van der Waals surface area contributed by atoms with E-state index in [-0.39, 0.29) is 0 Å². The molecule has 76 valence electrons. The Morgan fingerprint density at radius 1 is 1.29 bits per heavy atom. The Morgan fingerprint density at radius 2 is 1.93 bits per heavy atom. The molecule has 14 heavy (non-hydrogen) atoms. The number of hydrogen-bond donors (Lipinski definition) is 0. The summed E-state index contributed by atoms with van der Waals surface area (Å²) >= 11 is 1.65. The van der Waals surface area contributed by atoms with Gasteiger partial charge in [-0.1, -0.05) is 39.2 Å². The van der Waals surface area contributed by atoms with E-state index in [1.807, 2.05) is 39.0 Å². The summed E-state index contributed by atoms with van der Waals surface area (Å²) in [7, 11) is 0. The van der Waals surface area contributed by atoms with Gasteiger partial charge in [0.2, 0.25) is 0 Å². The summed E-state index contributed by atoms with van der Waals surface area (Å²) < 4.78 is 0. The average Bonchev–Trinajstić information content (AvgIpc) is 2.59. The van der Waals surface area contributed by atoms with Crippen LogP contribution >= 0.6 is 11.3 Å². The third-order valence-electron chi connectivity index (χ3n) is 1.36. The zero-order chi connectivity index (χ0) is 11.0. The first-order valence-corrected chi connectivity index (χ1v) is 5.48. The molecule has 0 amide bonds. The lowest BCUT2D eigenvalue weighted by Gasteiger charge is -1.85. The molecule has 2 heteroatoms. The van der Waals surface area contributed by atoms with E-state index in [4.69, 9.17) is 0 Å². The third-order valence-corrected chi connectivity index (χ3v) is 2.35. The molecule has 1 aromatic rings.